The zero-order valence-electron chi connectivity index (χ0n) is 13.0. The van der Waals surface area contributed by atoms with Crippen molar-refractivity contribution in [1.82, 2.24) is 15.5 Å². The molecule has 0 spiro atoms. The average molecular weight is 348 g/mol. The number of rotatable bonds is 3. The molecule has 0 radical (unpaired) electrons. The summed E-state index contributed by atoms with van der Waals surface area (Å²) in [5.41, 5.74) is 1.96. The number of benzene rings is 1. The van der Waals surface area contributed by atoms with E-state index in [1.54, 1.807) is 11.0 Å². The molecule has 24 heavy (non-hydrogen) atoms. The van der Waals surface area contributed by atoms with Gasteiger partial charge in [-0.2, -0.15) is 0 Å². The van der Waals surface area contributed by atoms with Crippen LogP contribution in [0.2, 0.25) is 5.02 Å². The molecule has 0 unspecified atom stereocenters. The SMILES string of the molecule is O=C1NC2=C(C(=O)N(C[C@@H]3CCCO3)C2)[C@H](c2ccccc2Cl)N1. The molecule has 2 atom stereocenters. The van der Waals surface area contributed by atoms with Crippen molar-refractivity contribution in [1.29, 1.82) is 0 Å². The maximum atomic E-state index is 12.9. The molecule has 0 aromatic heterocycles. The summed E-state index contributed by atoms with van der Waals surface area (Å²) in [4.78, 5) is 26.7. The van der Waals surface area contributed by atoms with Crippen LogP contribution in [-0.2, 0) is 9.53 Å². The summed E-state index contributed by atoms with van der Waals surface area (Å²) >= 11 is 6.28. The van der Waals surface area contributed by atoms with E-state index >= 15 is 0 Å². The lowest BCUT2D eigenvalue weighted by atomic mass is 9.96. The van der Waals surface area contributed by atoms with Gasteiger partial charge in [0.1, 0.15) is 0 Å². The Bertz CT molecular complexity index is 728. The van der Waals surface area contributed by atoms with Crippen molar-refractivity contribution < 1.29 is 14.3 Å². The normalized spacial score (nSPS) is 26.5. The fourth-order valence-electron chi connectivity index (χ4n) is 3.55. The molecule has 3 aliphatic heterocycles. The van der Waals surface area contributed by atoms with E-state index in [4.69, 9.17) is 16.3 Å². The molecule has 3 aliphatic rings. The zero-order valence-corrected chi connectivity index (χ0v) is 13.8. The molecule has 0 saturated carbocycles. The first-order chi connectivity index (χ1) is 11.6. The molecule has 1 aromatic carbocycles. The minimum absolute atomic E-state index is 0.0714. The van der Waals surface area contributed by atoms with E-state index in [-0.39, 0.29) is 18.0 Å². The van der Waals surface area contributed by atoms with Gasteiger partial charge in [-0.1, -0.05) is 29.8 Å². The van der Waals surface area contributed by atoms with E-state index in [0.29, 0.717) is 29.4 Å². The van der Waals surface area contributed by atoms with Crippen LogP contribution in [0.4, 0.5) is 4.79 Å². The van der Waals surface area contributed by atoms with Crippen LogP contribution in [-0.4, -0.2) is 42.6 Å². The number of amides is 3. The van der Waals surface area contributed by atoms with Crippen molar-refractivity contribution in [3.05, 3.63) is 46.1 Å². The second kappa shape index (κ2) is 6.11. The van der Waals surface area contributed by atoms with Crippen LogP contribution < -0.4 is 10.6 Å². The van der Waals surface area contributed by atoms with Gasteiger partial charge < -0.3 is 20.3 Å². The second-order valence-electron chi connectivity index (χ2n) is 6.27. The molecule has 3 amide bonds. The van der Waals surface area contributed by atoms with Crippen LogP contribution in [0.5, 0.6) is 0 Å². The molecule has 126 valence electrons. The molecular weight excluding hydrogens is 330 g/mol. The van der Waals surface area contributed by atoms with E-state index in [2.05, 4.69) is 10.6 Å². The number of carbonyl (C=O) groups is 2. The van der Waals surface area contributed by atoms with E-state index < -0.39 is 6.04 Å². The van der Waals surface area contributed by atoms with Crippen LogP contribution >= 0.6 is 11.6 Å². The molecule has 4 rings (SSSR count). The zero-order chi connectivity index (χ0) is 16.7. The maximum absolute atomic E-state index is 12.9. The summed E-state index contributed by atoms with van der Waals surface area (Å²) in [5.74, 6) is -0.0714. The Morgan fingerprint density at radius 2 is 2.12 bits per heavy atom. The Hall–Kier alpha value is -2.05. The fourth-order valence-corrected chi connectivity index (χ4v) is 3.80. The highest BCUT2D eigenvalue weighted by molar-refractivity contribution is 6.31. The number of urea groups is 1. The van der Waals surface area contributed by atoms with E-state index in [0.717, 1.165) is 25.0 Å². The third-order valence-corrected chi connectivity index (χ3v) is 5.03. The Balaban J connectivity index is 1.62. The van der Waals surface area contributed by atoms with Gasteiger partial charge in [0.15, 0.2) is 0 Å². The van der Waals surface area contributed by atoms with Gasteiger partial charge in [0, 0.05) is 18.2 Å². The second-order valence-corrected chi connectivity index (χ2v) is 6.67. The summed E-state index contributed by atoms with van der Waals surface area (Å²) in [7, 11) is 0. The number of nitrogens with one attached hydrogen (secondary N) is 2. The molecule has 0 bridgehead atoms. The van der Waals surface area contributed by atoms with Crippen molar-refractivity contribution >= 4 is 23.5 Å². The molecule has 1 aromatic rings. The highest BCUT2D eigenvalue weighted by atomic mass is 35.5. The van der Waals surface area contributed by atoms with Gasteiger partial charge in [0.05, 0.1) is 30.0 Å². The van der Waals surface area contributed by atoms with Gasteiger partial charge in [0.25, 0.3) is 5.91 Å². The minimum atomic E-state index is -0.524. The van der Waals surface area contributed by atoms with Crippen molar-refractivity contribution in [3.8, 4) is 0 Å². The highest BCUT2D eigenvalue weighted by Gasteiger charge is 2.41. The first-order valence-corrected chi connectivity index (χ1v) is 8.47. The summed E-state index contributed by atoms with van der Waals surface area (Å²) in [6, 6.07) is 6.42. The number of nitrogens with zero attached hydrogens (tertiary/aromatic N) is 1. The van der Waals surface area contributed by atoms with E-state index in [1.165, 1.54) is 0 Å². The Morgan fingerprint density at radius 3 is 2.88 bits per heavy atom. The maximum Gasteiger partial charge on any atom is 0.319 e. The van der Waals surface area contributed by atoms with Gasteiger partial charge in [-0.3, -0.25) is 4.79 Å². The average Bonchev–Trinajstić information content (AvgIpc) is 3.16. The number of halogens is 1. The topological polar surface area (TPSA) is 70.7 Å². The molecule has 3 heterocycles. The summed E-state index contributed by atoms with van der Waals surface area (Å²) in [6.45, 7) is 1.71. The molecule has 1 fully saturated rings. The molecular formula is C17H18ClN3O3. The monoisotopic (exact) mass is 347 g/mol. The van der Waals surface area contributed by atoms with Crippen molar-refractivity contribution in [2.45, 2.75) is 25.0 Å². The lowest BCUT2D eigenvalue weighted by molar-refractivity contribution is -0.127. The quantitative estimate of drug-likeness (QED) is 0.878. The Labute approximate surface area is 144 Å². The van der Waals surface area contributed by atoms with Gasteiger partial charge in [-0.05, 0) is 24.5 Å². The summed E-state index contributed by atoms with van der Waals surface area (Å²) in [5, 5.41) is 6.11. The largest absolute Gasteiger partial charge is 0.376 e. The summed E-state index contributed by atoms with van der Waals surface area (Å²) < 4.78 is 5.63. The predicted octanol–water partition coefficient (Wildman–Crippen LogP) is 1.97. The van der Waals surface area contributed by atoms with Gasteiger partial charge in [-0.15, -0.1) is 0 Å². The number of hydrogen-bond donors (Lipinski definition) is 2. The lowest BCUT2D eigenvalue weighted by Gasteiger charge is -2.26. The molecule has 6 nitrogen and oxygen atoms in total. The third kappa shape index (κ3) is 2.65. The van der Waals surface area contributed by atoms with E-state index in [9.17, 15) is 9.59 Å². The van der Waals surface area contributed by atoms with Gasteiger partial charge in [0.2, 0.25) is 0 Å². The van der Waals surface area contributed by atoms with Gasteiger partial charge >= 0.3 is 6.03 Å². The van der Waals surface area contributed by atoms with Crippen LogP contribution in [0.25, 0.3) is 0 Å². The molecule has 7 heteroatoms. The molecule has 0 aliphatic carbocycles. The number of ether oxygens (including phenoxy) is 1. The van der Waals surface area contributed by atoms with Crippen molar-refractivity contribution in [2.75, 3.05) is 19.7 Å². The fraction of sp³-hybridized carbons (Fsp3) is 0.412. The van der Waals surface area contributed by atoms with Crippen molar-refractivity contribution in [2.24, 2.45) is 0 Å². The first-order valence-electron chi connectivity index (χ1n) is 8.09. The van der Waals surface area contributed by atoms with E-state index in [1.807, 2.05) is 18.2 Å². The van der Waals surface area contributed by atoms with Crippen LogP contribution in [0, 0.1) is 0 Å². The summed E-state index contributed by atoms with van der Waals surface area (Å²) in [6.07, 6.45) is 2.07. The Kier molecular flexibility index (Phi) is 3.94. The van der Waals surface area contributed by atoms with Gasteiger partial charge in [-0.25, -0.2) is 4.79 Å². The number of hydrogen-bond acceptors (Lipinski definition) is 3. The minimum Gasteiger partial charge on any atom is -0.376 e. The molecule has 1 saturated heterocycles. The first kappa shape index (κ1) is 15.5. The van der Waals surface area contributed by atoms with Crippen LogP contribution in [0.1, 0.15) is 24.4 Å². The number of carbonyl (C=O) groups excluding carboxylic acids is 2. The Morgan fingerprint density at radius 1 is 1.29 bits per heavy atom. The van der Waals surface area contributed by atoms with Crippen LogP contribution in [0.3, 0.4) is 0 Å². The standard InChI is InChI=1S/C17H18ClN3O3/c18-12-6-2-1-5-11(12)15-14-13(19-17(23)20-15)9-21(16(14)22)8-10-4-3-7-24-10/h1-2,5-6,10,15H,3-4,7-9H2,(H2,19,20,23)/t10-,15-/m0/s1. The third-order valence-electron chi connectivity index (χ3n) is 4.68. The lowest BCUT2D eigenvalue weighted by Crippen LogP contribution is -2.44. The predicted molar refractivity (Wildman–Crippen MR) is 88.4 cm³/mol. The van der Waals surface area contributed by atoms with Crippen LogP contribution in [0.15, 0.2) is 35.5 Å². The smallest absolute Gasteiger partial charge is 0.319 e. The highest BCUT2D eigenvalue weighted by Crippen LogP contribution is 2.35. The van der Waals surface area contributed by atoms with Crippen molar-refractivity contribution in [3.63, 3.8) is 0 Å². The molecule has 2 N–H and O–H groups in total.